The van der Waals surface area contributed by atoms with E-state index in [1.807, 2.05) is 0 Å². The molecule has 45 heavy (non-hydrogen) atoms. The molecule has 238 valence electrons. The summed E-state index contributed by atoms with van der Waals surface area (Å²) in [5, 5.41) is 7.92. The summed E-state index contributed by atoms with van der Waals surface area (Å²) in [7, 11) is -6.98. The Hall–Kier alpha value is -4.29. The highest BCUT2D eigenvalue weighted by atomic mass is 32.2. The number of sulfonamides is 1. The van der Waals surface area contributed by atoms with Gasteiger partial charge in [-0.2, -0.15) is 4.98 Å². The summed E-state index contributed by atoms with van der Waals surface area (Å²) in [6.07, 6.45) is 4.61. The van der Waals surface area contributed by atoms with Crippen LogP contribution in [0.3, 0.4) is 0 Å². The smallest absolute Gasteiger partial charge is 0.269 e. The van der Waals surface area contributed by atoms with Crippen molar-refractivity contribution in [3.8, 4) is 0 Å². The molecule has 1 aromatic carbocycles. The van der Waals surface area contributed by atoms with Crippen molar-refractivity contribution in [3.05, 3.63) is 76.9 Å². The van der Waals surface area contributed by atoms with Crippen molar-refractivity contribution in [2.24, 2.45) is 0 Å². The van der Waals surface area contributed by atoms with E-state index in [1.54, 1.807) is 35.0 Å². The molecule has 0 unspecified atom stereocenters. The summed E-state index contributed by atoms with van der Waals surface area (Å²) >= 11 is 0. The first-order valence-corrected chi connectivity index (χ1v) is 17.4. The van der Waals surface area contributed by atoms with Gasteiger partial charge in [0.25, 0.3) is 22.0 Å². The molecule has 5 aromatic rings. The average molecular weight is 662 g/mol. The minimum Gasteiger partial charge on any atom is -0.351 e. The lowest BCUT2D eigenvalue weighted by Gasteiger charge is -2.30. The molecule has 6 rings (SSSR count). The van der Waals surface area contributed by atoms with Gasteiger partial charge in [-0.05, 0) is 48.1 Å². The molecule has 5 heterocycles. The van der Waals surface area contributed by atoms with Gasteiger partial charge >= 0.3 is 0 Å². The molecule has 1 fully saturated rings. The first-order chi connectivity index (χ1) is 21.4. The first-order valence-electron chi connectivity index (χ1n) is 13.9. The Balaban J connectivity index is 1.26. The van der Waals surface area contributed by atoms with Crippen LogP contribution in [0.25, 0.3) is 21.9 Å². The average Bonchev–Trinajstić information content (AvgIpc) is 3.68. The van der Waals surface area contributed by atoms with Gasteiger partial charge in [0, 0.05) is 49.0 Å². The van der Waals surface area contributed by atoms with Gasteiger partial charge in [0.1, 0.15) is 18.3 Å². The Bertz CT molecular complexity index is 2140. The van der Waals surface area contributed by atoms with Crippen molar-refractivity contribution in [2.75, 3.05) is 30.4 Å². The van der Waals surface area contributed by atoms with Crippen LogP contribution >= 0.6 is 0 Å². The van der Waals surface area contributed by atoms with E-state index in [9.17, 15) is 30.4 Å². The molecule has 0 amide bonds. The predicted octanol–water partition coefficient (Wildman–Crippen LogP) is 2.04. The second-order valence-electron chi connectivity index (χ2n) is 10.8. The third kappa shape index (κ3) is 6.43. The van der Waals surface area contributed by atoms with Crippen molar-refractivity contribution in [2.45, 2.75) is 38.4 Å². The number of pyridine rings is 1. The SMILES string of the molecule is CS(=O)(=O)N1CCC(Nc2ncc3cc(C(F)F)c(=O)n(Cc4ccc5c(ccn5CCS(=O)(=O)n5cncn5)c4)c3n2)CC1. The fourth-order valence-corrected chi connectivity index (χ4v) is 7.31. The quantitative estimate of drug-likeness (QED) is 0.234. The standard InChI is InChI=1S/C27H29F2N9O5S2/c1-44(40,41)36-8-5-21(6-9-36)33-27-31-14-20-13-22(24(28)29)26(39)37(25(20)34-27)15-18-2-3-23-19(12-18)4-7-35(23)10-11-45(42,43)38-17-30-16-32-38/h2-4,7,12-14,16-17,21,24H,5-6,8-11,15H2,1H3,(H,31,33,34). The van der Waals surface area contributed by atoms with E-state index in [4.69, 9.17) is 0 Å². The normalized spacial score (nSPS) is 15.4. The second-order valence-corrected chi connectivity index (χ2v) is 14.8. The molecule has 0 radical (unpaired) electrons. The van der Waals surface area contributed by atoms with Gasteiger partial charge < -0.3 is 9.88 Å². The third-order valence-corrected chi connectivity index (χ3v) is 10.6. The Kier molecular flexibility index (Phi) is 8.13. The van der Waals surface area contributed by atoms with Crippen LogP contribution in [0.4, 0.5) is 14.7 Å². The van der Waals surface area contributed by atoms with Crippen molar-refractivity contribution < 1.29 is 25.6 Å². The monoisotopic (exact) mass is 661 g/mol. The lowest BCUT2D eigenvalue weighted by molar-refractivity contribution is 0.149. The van der Waals surface area contributed by atoms with E-state index in [1.165, 1.54) is 21.3 Å². The van der Waals surface area contributed by atoms with Crippen molar-refractivity contribution >= 4 is 47.9 Å². The molecule has 0 saturated carbocycles. The number of fused-ring (bicyclic) bond motifs is 2. The van der Waals surface area contributed by atoms with Crippen molar-refractivity contribution in [1.29, 1.82) is 0 Å². The molecule has 4 aromatic heterocycles. The van der Waals surface area contributed by atoms with Gasteiger partial charge in [0.15, 0.2) is 0 Å². The number of benzene rings is 1. The van der Waals surface area contributed by atoms with Crippen LogP contribution in [0.1, 0.15) is 30.4 Å². The van der Waals surface area contributed by atoms with E-state index in [0.717, 1.165) is 33.7 Å². The summed E-state index contributed by atoms with van der Waals surface area (Å²) in [5.74, 6) is -0.0111. The Morgan fingerprint density at radius 2 is 1.84 bits per heavy atom. The van der Waals surface area contributed by atoms with Crippen LogP contribution in [0.2, 0.25) is 0 Å². The number of rotatable bonds is 10. The summed E-state index contributed by atoms with van der Waals surface area (Å²) in [5.41, 5.74) is 0.0280. The van der Waals surface area contributed by atoms with Crippen molar-refractivity contribution in [3.63, 3.8) is 0 Å². The zero-order valence-electron chi connectivity index (χ0n) is 24.0. The number of nitrogens with zero attached hydrogens (tertiary/aromatic N) is 8. The molecule has 0 aliphatic carbocycles. The minimum absolute atomic E-state index is 0.0547. The maximum Gasteiger partial charge on any atom is 0.269 e. The fourth-order valence-electron chi connectivity index (χ4n) is 5.44. The molecule has 1 N–H and O–H groups in total. The largest absolute Gasteiger partial charge is 0.351 e. The molecular weight excluding hydrogens is 632 g/mol. The van der Waals surface area contributed by atoms with Crippen LogP contribution in [-0.2, 0) is 33.1 Å². The number of aromatic nitrogens is 7. The first kappa shape index (κ1) is 30.7. The highest BCUT2D eigenvalue weighted by Crippen LogP contribution is 2.24. The van der Waals surface area contributed by atoms with E-state index >= 15 is 0 Å². The molecule has 0 spiro atoms. The number of alkyl halides is 2. The number of hydrogen-bond donors (Lipinski definition) is 1. The van der Waals surface area contributed by atoms with Gasteiger partial charge in [-0.1, -0.05) is 6.07 Å². The van der Waals surface area contributed by atoms with Crippen LogP contribution in [-0.4, -0.2) is 85.6 Å². The number of hydrogen-bond acceptors (Lipinski definition) is 10. The molecule has 1 aliphatic rings. The van der Waals surface area contributed by atoms with Gasteiger partial charge in [0.05, 0.1) is 24.1 Å². The molecule has 18 heteroatoms. The van der Waals surface area contributed by atoms with Crippen LogP contribution < -0.4 is 10.9 Å². The van der Waals surface area contributed by atoms with Gasteiger partial charge in [-0.3, -0.25) is 9.36 Å². The number of nitrogens with one attached hydrogen (secondary N) is 1. The lowest BCUT2D eigenvalue weighted by Crippen LogP contribution is -2.42. The third-order valence-electron chi connectivity index (χ3n) is 7.79. The van der Waals surface area contributed by atoms with E-state index in [-0.39, 0.29) is 41.9 Å². The zero-order valence-corrected chi connectivity index (χ0v) is 25.6. The predicted molar refractivity (Wildman–Crippen MR) is 162 cm³/mol. The van der Waals surface area contributed by atoms with Crippen molar-refractivity contribution in [1.82, 2.24) is 37.6 Å². The van der Waals surface area contributed by atoms with Gasteiger partial charge in [0.2, 0.25) is 16.0 Å². The topological polar surface area (TPSA) is 167 Å². The Labute approximate surface area is 256 Å². The van der Waals surface area contributed by atoms with Crippen LogP contribution in [0, 0.1) is 0 Å². The van der Waals surface area contributed by atoms with Gasteiger partial charge in [-0.15, -0.1) is 9.19 Å². The van der Waals surface area contributed by atoms with Crippen LogP contribution in [0.5, 0.6) is 0 Å². The molecule has 1 aliphatic heterocycles. The summed E-state index contributed by atoms with van der Waals surface area (Å²) in [6, 6.07) is 8.12. The lowest BCUT2D eigenvalue weighted by atomic mass is 10.1. The second kappa shape index (κ2) is 11.9. The minimum atomic E-state index is -3.69. The molecule has 0 bridgehead atoms. The fraction of sp³-hybridized carbons (Fsp3) is 0.370. The number of aryl methyl sites for hydroxylation is 1. The molecule has 0 atom stereocenters. The number of anilines is 1. The van der Waals surface area contributed by atoms with E-state index in [0.29, 0.717) is 31.5 Å². The summed E-state index contributed by atoms with van der Waals surface area (Å²) in [4.78, 5) is 25.7. The summed E-state index contributed by atoms with van der Waals surface area (Å²) < 4.78 is 81.6. The molecule has 1 saturated heterocycles. The summed E-state index contributed by atoms with van der Waals surface area (Å²) in [6.45, 7) is 0.787. The Morgan fingerprint density at radius 1 is 1.07 bits per heavy atom. The molecule has 14 nitrogen and oxygen atoms in total. The Morgan fingerprint density at radius 3 is 2.53 bits per heavy atom. The number of piperidine rings is 1. The van der Waals surface area contributed by atoms with E-state index in [2.05, 4.69) is 25.4 Å². The van der Waals surface area contributed by atoms with Crippen LogP contribution in [0.15, 0.2) is 60.2 Å². The maximum absolute atomic E-state index is 13.9. The van der Waals surface area contributed by atoms with Gasteiger partial charge in [-0.25, -0.2) is 39.9 Å². The highest BCUT2D eigenvalue weighted by molar-refractivity contribution is 7.89. The maximum atomic E-state index is 13.9. The van der Waals surface area contributed by atoms with E-state index < -0.39 is 37.6 Å². The highest BCUT2D eigenvalue weighted by Gasteiger charge is 2.26. The zero-order chi connectivity index (χ0) is 31.9. The molecular formula is C27H29F2N9O5S2. The number of halogens is 2.